The van der Waals surface area contributed by atoms with Gasteiger partial charge in [-0.1, -0.05) is 50.1 Å². The van der Waals surface area contributed by atoms with Crippen LogP contribution >= 0.6 is 31.9 Å². The molecule has 0 aliphatic rings. The van der Waals surface area contributed by atoms with Crippen LogP contribution in [0.25, 0.3) is 10.8 Å². The number of halogens is 2. The van der Waals surface area contributed by atoms with Gasteiger partial charge in [0.2, 0.25) is 0 Å². The molecule has 0 bridgehead atoms. The van der Waals surface area contributed by atoms with Crippen molar-refractivity contribution in [2.75, 3.05) is 5.73 Å². The number of ether oxygens (including phenoxy) is 1. The Morgan fingerprint density at radius 1 is 0.857 bits per heavy atom. The van der Waals surface area contributed by atoms with Gasteiger partial charge < -0.3 is 10.5 Å². The van der Waals surface area contributed by atoms with Gasteiger partial charge in [-0.25, -0.2) is 0 Å². The van der Waals surface area contributed by atoms with Crippen molar-refractivity contribution in [1.29, 1.82) is 0 Å². The third kappa shape index (κ3) is 3.39. The minimum absolute atomic E-state index is 0.503. The molecule has 0 aliphatic heterocycles. The van der Waals surface area contributed by atoms with Crippen molar-refractivity contribution in [3.05, 3.63) is 69.1 Å². The van der Waals surface area contributed by atoms with Gasteiger partial charge in [-0.05, 0) is 47.2 Å². The van der Waals surface area contributed by atoms with Crippen LogP contribution < -0.4 is 10.5 Å². The fourth-order valence-electron chi connectivity index (χ4n) is 2.13. The summed E-state index contributed by atoms with van der Waals surface area (Å²) in [7, 11) is 0. The summed E-state index contributed by atoms with van der Waals surface area (Å²) in [6.07, 6.45) is 0. The van der Waals surface area contributed by atoms with Crippen LogP contribution in [0.5, 0.6) is 5.75 Å². The first kappa shape index (κ1) is 14.4. The molecule has 3 aromatic carbocycles. The molecule has 0 fully saturated rings. The highest BCUT2D eigenvalue weighted by molar-refractivity contribution is 9.10. The lowest BCUT2D eigenvalue weighted by molar-refractivity contribution is 0.306. The van der Waals surface area contributed by atoms with Gasteiger partial charge in [-0.3, -0.25) is 0 Å². The summed E-state index contributed by atoms with van der Waals surface area (Å²) in [6.45, 7) is 0.503. The molecular formula is C17H13Br2NO. The Balaban J connectivity index is 1.80. The molecule has 106 valence electrons. The van der Waals surface area contributed by atoms with E-state index in [0.29, 0.717) is 6.61 Å². The van der Waals surface area contributed by atoms with Gasteiger partial charge in [0, 0.05) is 20.2 Å². The molecule has 0 saturated carbocycles. The van der Waals surface area contributed by atoms with Crippen molar-refractivity contribution >= 4 is 48.3 Å². The highest BCUT2D eigenvalue weighted by atomic mass is 79.9. The molecule has 0 heterocycles. The molecule has 4 heteroatoms. The summed E-state index contributed by atoms with van der Waals surface area (Å²) in [5.41, 5.74) is 7.54. The Morgan fingerprint density at radius 3 is 2.43 bits per heavy atom. The number of nitrogen functional groups attached to an aromatic ring is 1. The molecule has 21 heavy (non-hydrogen) atoms. The number of hydrogen-bond acceptors (Lipinski definition) is 2. The van der Waals surface area contributed by atoms with Gasteiger partial charge in [0.25, 0.3) is 0 Å². The van der Waals surface area contributed by atoms with Crippen LogP contribution in [0.3, 0.4) is 0 Å². The second kappa shape index (κ2) is 6.08. The third-order valence-corrected chi connectivity index (χ3v) is 4.48. The van der Waals surface area contributed by atoms with Crippen molar-refractivity contribution in [3.63, 3.8) is 0 Å². The van der Waals surface area contributed by atoms with E-state index < -0.39 is 0 Å². The van der Waals surface area contributed by atoms with E-state index in [1.54, 1.807) is 0 Å². The van der Waals surface area contributed by atoms with Crippen LogP contribution in [0.1, 0.15) is 5.56 Å². The monoisotopic (exact) mass is 405 g/mol. The van der Waals surface area contributed by atoms with Gasteiger partial charge in [-0.2, -0.15) is 0 Å². The quantitative estimate of drug-likeness (QED) is 0.580. The largest absolute Gasteiger partial charge is 0.489 e. The number of rotatable bonds is 3. The molecule has 3 aromatic rings. The first-order chi connectivity index (χ1) is 10.1. The molecule has 0 radical (unpaired) electrons. The Morgan fingerprint density at radius 2 is 1.62 bits per heavy atom. The summed E-state index contributed by atoms with van der Waals surface area (Å²) in [5.74, 6) is 0.855. The highest BCUT2D eigenvalue weighted by Crippen LogP contribution is 2.26. The number of anilines is 1. The van der Waals surface area contributed by atoms with E-state index in [0.717, 1.165) is 31.3 Å². The standard InChI is InChI=1S/C17H13Br2NO/c18-14-4-1-12-8-16(6-3-11(12)7-14)21-10-13-2-5-15(20)9-17(13)19/h1-9H,10,20H2. The lowest BCUT2D eigenvalue weighted by Gasteiger charge is -2.09. The summed E-state index contributed by atoms with van der Waals surface area (Å²) < 4.78 is 7.91. The van der Waals surface area contributed by atoms with Gasteiger partial charge in [-0.15, -0.1) is 0 Å². The topological polar surface area (TPSA) is 35.2 Å². The van der Waals surface area contributed by atoms with Crippen LogP contribution in [0.2, 0.25) is 0 Å². The molecule has 3 rings (SSSR count). The minimum atomic E-state index is 0.503. The van der Waals surface area contributed by atoms with Crippen molar-refractivity contribution in [1.82, 2.24) is 0 Å². The van der Waals surface area contributed by atoms with Crippen molar-refractivity contribution in [2.24, 2.45) is 0 Å². The van der Waals surface area contributed by atoms with Crippen LogP contribution in [0.15, 0.2) is 63.5 Å². The van der Waals surface area contributed by atoms with Crippen molar-refractivity contribution in [2.45, 2.75) is 6.61 Å². The average molecular weight is 407 g/mol. The summed E-state index contributed by atoms with van der Waals surface area (Å²) in [6, 6.07) is 18.0. The molecule has 0 saturated heterocycles. The normalized spacial score (nSPS) is 10.8. The fraction of sp³-hybridized carbons (Fsp3) is 0.0588. The van der Waals surface area contributed by atoms with E-state index in [1.807, 2.05) is 36.4 Å². The van der Waals surface area contributed by atoms with Gasteiger partial charge in [0.1, 0.15) is 12.4 Å². The summed E-state index contributed by atoms with van der Waals surface area (Å²) in [4.78, 5) is 0. The van der Waals surface area contributed by atoms with Gasteiger partial charge in [0.05, 0.1) is 0 Å². The Kier molecular flexibility index (Phi) is 4.17. The van der Waals surface area contributed by atoms with Crippen LogP contribution in [-0.2, 0) is 6.61 Å². The lowest BCUT2D eigenvalue weighted by Crippen LogP contribution is -1.97. The van der Waals surface area contributed by atoms with Crippen LogP contribution in [0, 0.1) is 0 Å². The Bertz CT molecular complexity index is 802. The average Bonchev–Trinajstić information content (AvgIpc) is 2.46. The molecule has 2 nitrogen and oxygen atoms in total. The molecule has 0 amide bonds. The molecule has 0 unspecified atom stereocenters. The maximum Gasteiger partial charge on any atom is 0.120 e. The molecule has 0 aliphatic carbocycles. The maximum atomic E-state index is 5.87. The van der Waals surface area contributed by atoms with Crippen LogP contribution in [-0.4, -0.2) is 0 Å². The summed E-state index contributed by atoms with van der Waals surface area (Å²) >= 11 is 6.98. The SMILES string of the molecule is Nc1ccc(COc2ccc3cc(Br)ccc3c2)c(Br)c1. The van der Waals surface area contributed by atoms with Crippen molar-refractivity contribution in [3.8, 4) is 5.75 Å². The predicted octanol–water partition coefficient (Wildman–Crippen LogP) is 5.53. The van der Waals surface area contributed by atoms with E-state index >= 15 is 0 Å². The molecule has 2 N–H and O–H groups in total. The third-order valence-electron chi connectivity index (χ3n) is 3.25. The van der Waals surface area contributed by atoms with E-state index in [-0.39, 0.29) is 0 Å². The van der Waals surface area contributed by atoms with Crippen LogP contribution in [0.4, 0.5) is 5.69 Å². The number of fused-ring (bicyclic) bond motifs is 1. The summed E-state index contributed by atoms with van der Waals surface area (Å²) in [5, 5.41) is 2.34. The first-order valence-electron chi connectivity index (χ1n) is 6.48. The maximum absolute atomic E-state index is 5.87. The first-order valence-corrected chi connectivity index (χ1v) is 8.06. The van der Waals surface area contributed by atoms with E-state index in [9.17, 15) is 0 Å². The van der Waals surface area contributed by atoms with E-state index in [1.165, 1.54) is 5.39 Å². The zero-order valence-corrected chi connectivity index (χ0v) is 14.3. The zero-order chi connectivity index (χ0) is 14.8. The highest BCUT2D eigenvalue weighted by Gasteiger charge is 2.03. The minimum Gasteiger partial charge on any atom is -0.489 e. The number of nitrogens with two attached hydrogens (primary N) is 1. The lowest BCUT2D eigenvalue weighted by atomic mass is 10.1. The van der Waals surface area contributed by atoms with E-state index in [2.05, 4.69) is 50.1 Å². The fourth-order valence-corrected chi connectivity index (χ4v) is 3.02. The second-order valence-electron chi connectivity index (χ2n) is 4.79. The molecule has 0 spiro atoms. The number of hydrogen-bond donors (Lipinski definition) is 1. The Hall–Kier alpha value is -1.52. The predicted molar refractivity (Wildman–Crippen MR) is 94.5 cm³/mol. The van der Waals surface area contributed by atoms with Crippen molar-refractivity contribution < 1.29 is 4.74 Å². The van der Waals surface area contributed by atoms with E-state index in [4.69, 9.17) is 10.5 Å². The molecule has 0 aromatic heterocycles. The molecular weight excluding hydrogens is 394 g/mol. The Labute approximate surface area is 140 Å². The number of benzene rings is 3. The van der Waals surface area contributed by atoms with Gasteiger partial charge in [0.15, 0.2) is 0 Å². The zero-order valence-electron chi connectivity index (χ0n) is 11.1. The second-order valence-corrected chi connectivity index (χ2v) is 6.56. The van der Waals surface area contributed by atoms with Gasteiger partial charge >= 0.3 is 0 Å². The smallest absolute Gasteiger partial charge is 0.120 e. The molecule has 0 atom stereocenters.